The van der Waals surface area contributed by atoms with E-state index in [1.165, 1.54) is 0 Å². The van der Waals surface area contributed by atoms with E-state index in [1.807, 2.05) is 11.8 Å². The number of rotatable bonds is 4. The van der Waals surface area contributed by atoms with Crippen molar-refractivity contribution in [1.82, 2.24) is 10.6 Å². The maximum atomic E-state index is 11.3. The molecule has 0 aromatic rings. The van der Waals surface area contributed by atoms with Crippen LogP contribution in [0.25, 0.3) is 0 Å². The Morgan fingerprint density at radius 1 is 1.69 bits per heavy atom. The van der Waals surface area contributed by atoms with E-state index in [9.17, 15) is 4.79 Å². The van der Waals surface area contributed by atoms with E-state index < -0.39 is 0 Å². The van der Waals surface area contributed by atoms with Crippen molar-refractivity contribution in [1.29, 1.82) is 0 Å². The van der Waals surface area contributed by atoms with Gasteiger partial charge < -0.3 is 10.6 Å². The second-order valence-corrected chi connectivity index (χ2v) is 4.68. The van der Waals surface area contributed by atoms with Gasteiger partial charge in [-0.3, -0.25) is 4.79 Å². The number of thioether (sulfide) groups is 1. The SMILES string of the molecule is CCCNC(=O)CC1NC(C)CS1. The first-order valence-corrected chi connectivity index (χ1v) is 5.91. The fourth-order valence-corrected chi connectivity index (χ4v) is 2.51. The van der Waals surface area contributed by atoms with Crippen LogP contribution in [0.1, 0.15) is 26.7 Å². The lowest BCUT2D eigenvalue weighted by atomic mass is 10.3. The van der Waals surface area contributed by atoms with E-state index in [2.05, 4.69) is 24.5 Å². The molecule has 1 saturated heterocycles. The number of carbonyl (C=O) groups excluding carboxylic acids is 1. The quantitative estimate of drug-likeness (QED) is 0.713. The van der Waals surface area contributed by atoms with Crippen LogP contribution in [-0.2, 0) is 4.79 Å². The average Bonchev–Trinajstić information content (AvgIpc) is 2.48. The molecule has 0 bridgehead atoms. The second kappa shape index (κ2) is 5.50. The summed E-state index contributed by atoms with van der Waals surface area (Å²) >= 11 is 1.84. The zero-order valence-electron chi connectivity index (χ0n) is 8.30. The first-order chi connectivity index (χ1) is 6.22. The van der Waals surface area contributed by atoms with Crippen LogP contribution in [0.3, 0.4) is 0 Å². The molecule has 1 rings (SSSR count). The van der Waals surface area contributed by atoms with Gasteiger partial charge >= 0.3 is 0 Å². The monoisotopic (exact) mass is 202 g/mol. The van der Waals surface area contributed by atoms with Crippen molar-refractivity contribution < 1.29 is 4.79 Å². The molecule has 2 unspecified atom stereocenters. The molecule has 1 fully saturated rings. The third kappa shape index (κ3) is 4.00. The standard InChI is InChI=1S/C9H18N2OS/c1-3-4-10-8(12)5-9-11-7(2)6-13-9/h7,9,11H,3-6H2,1-2H3,(H,10,12). The molecule has 0 aromatic carbocycles. The molecule has 1 aliphatic rings. The summed E-state index contributed by atoms with van der Waals surface area (Å²) in [5.41, 5.74) is 0. The highest BCUT2D eigenvalue weighted by molar-refractivity contribution is 8.00. The van der Waals surface area contributed by atoms with E-state index in [-0.39, 0.29) is 5.91 Å². The molecule has 0 saturated carbocycles. The molecule has 0 aromatic heterocycles. The largest absolute Gasteiger partial charge is 0.356 e. The van der Waals surface area contributed by atoms with Crippen molar-refractivity contribution in [3.05, 3.63) is 0 Å². The highest BCUT2D eigenvalue weighted by atomic mass is 32.2. The number of hydrogen-bond acceptors (Lipinski definition) is 3. The van der Waals surface area contributed by atoms with E-state index in [1.54, 1.807) is 0 Å². The van der Waals surface area contributed by atoms with Gasteiger partial charge in [0.15, 0.2) is 0 Å². The predicted octanol–water partition coefficient (Wildman–Crippen LogP) is 0.954. The highest BCUT2D eigenvalue weighted by Crippen LogP contribution is 2.20. The molecule has 0 spiro atoms. The Labute approximate surface area is 84.0 Å². The summed E-state index contributed by atoms with van der Waals surface area (Å²) in [6.07, 6.45) is 1.61. The maximum absolute atomic E-state index is 11.3. The van der Waals surface area contributed by atoms with E-state index in [0.29, 0.717) is 17.8 Å². The number of carbonyl (C=O) groups is 1. The van der Waals surface area contributed by atoms with Gasteiger partial charge in [0.05, 0.1) is 11.8 Å². The number of hydrogen-bond donors (Lipinski definition) is 2. The maximum Gasteiger partial charge on any atom is 0.222 e. The number of amides is 1. The van der Waals surface area contributed by atoms with Gasteiger partial charge in [-0.25, -0.2) is 0 Å². The van der Waals surface area contributed by atoms with E-state index >= 15 is 0 Å². The minimum Gasteiger partial charge on any atom is -0.356 e. The summed E-state index contributed by atoms with van der Waals surface area (Å²) in [4.78, 5) is 11.3. The summed E-state index contributed by atoms with van der Waals surface area (Å²) in [6.45, 7) is 5.01. The van der Waals surface area contributed by atoms with Gasteiger partial charge in [-0.15, -0.1) is 11.8 Å². The number of nitrogens with one attached hydrogen (secondary N) is 2. The second-order valence-electron chi connectivity index (χ2n) is 3.44. The molecule has 76 valence electrons. The molecular formula is C9H18N2OS. The van der Waals surface area contributed by atoms with Crippen molar-refractivity contribution in [3.8, 4) is 0 Å². The Morgan fingerprint density at radius 3 is 3.00 bits per heavy atom. The van der Waals surface area contributed by atoms with Gasteiger partial charge in [0.2, 0.25) is 5.91 Å². The lowest BCUT2D eigenvalue weighted by Crippen LogP contribution is -2.33. The van der Waals surface area contributed by atoms with Gasteiger partial charge in [0.1, 0.15) is 0 Å². The van der Waals surface area contributed by atoms with Crippen LogP contribution < -0.4 is 10.6 Å². The van der Waals surface area contributed by atoms with E-state index in [0.717, 1.165) is 18.7 Å². The zero-order valence-corrected chi connectivity index (χ0v) is 9.12. The van der Waals surface area contributed by atoms with Crippen LogP contribution >= 0.6 is 11.8 Å². The molecule has 2 N–H and O–H groups in total. The highest BCUT2D eigenvalue weighted by Gasteiger charge is 2.22. The fraction of sp³-hybridized carbons (Fsp3) is 0.889. The Morgan fingerprint density at radius 2 is 2.46 bits per heavy atom. The molecule has 0 radical (unpaired) electrons. The third-order valence-corrected chi connectivity index (χ3v) is 3.36. The Balaban J connectivity index is 2.13. The van der Waals surface area contributed by atoms with Gasteiger partial charge in [-0.05, 0) is 13.3 Å². The Kier molecular flexibility index (Phi) is 4.59. The molecule has 2 atom stereocenters. The van der Waals surface area contributed by atoms with Crippen LogP contribution in [0.5, 0.6) is 0 Å². The summed E-state index contributed by atoms with van der Waals surface area (Å²) in [5.74, 6) is 1.28. The summed E-state index contributed by atoms with van der Waals surface area (Å²) in [6, 6.07) is 0.550. The molecule has 0 aliphatic carbocycles. The molecule has 4 heteroatoms. The molecule has 3 nitrogen and oxygen atoms in total. The molecule has 1 amide bonds. The Hall–Kier alpha value is -0.220. The minimum absolute atomic E-state index is 0.168. The van der Waals surface area contributed by atoms with Crippen LogP contribution in [0.2, 0.25) is 0 Å². The predicted molar refractivity (Wildman–Crippen MR) is 56.8 cm³/mol. The van der Waals surface area contributed by atoms with Gasteiger partial charge in [-0.2, -0.15) is 0 Å². The van der Waals surface area contributed by atoms with Crippen LogP contribution in [-0.4, -0.2) is 29.6 Å². The van der Waals surface area contributed by atoms with Crippen molar-refractivity contribution >= 4 is 17.7 Å². The Bertz CT molecular complexity index is 175. The first-order valence-electron chi connectivity index (χ1n) is 4.86. The van der Waals surface area contributed by atoms with Crippen molar-refractivity contribution in [2.45, 2.75) is 38.1 Å². The third-order valence-electron chi connectivity index (χ3n) is 1.96. The molecule has 13 heavy (non-hydrogen) atoms. The lowest BCUT2D eigenvalue weighted by molar-refractivity contribution is -0.121. The molecular weight excluding hydrogens is 184 g/mol. The minimum atomic E-state index is 0.168. The normalized spacial score (nSPS) is 27.5. The van der Waals surface area contributed by atoms with Gasteiger partial charge in [0.25, 0.3) is 0 Å². The van der Waals surface area contributed by atoms with Crippen LogP contribution in [0.4, 0.5) is 0 Å². The smallest absolute Gasteiger partial charge is 0.222 e. The van der Waals surface area contributed by atoms with Crippen molar-refractivity contribution in [2.75, 3.05) is 12.3 Å². The van der Waals surface area contributed by atoms with Crippen LogP contribution in [0, 0.1) is 0 Å². The first kappa shape index (κ1) is 10.9. The fourth-order valence-electron chi connectivity index (χ4n) is 1.30. The van der Waals surface area contributed by atoms with Crippen LogP contribution in [0.15, 0.2) is 0 Å². The average molecular weight is 202 g/mol. The van der Waals surface area contributed by atoms with Gasteiger partial charge in [0, 0.05) is 18.3 Å². The van der Waals surface area contributed by atoms with Crippen molar-refractivity contribution in [2.24, 2.45) is 0 Å². The molecule has 1 aliphatic heterocycles. The molecule has 1 heterocycles. The zero-order chi connectivity index (χ0) is 9.68. The summed E-state index contributed by atoms with van der Waals surface area (Å²) in [7, 11) is 0. The van der Waals surface area contributed by atoms with Crippen molar-refractivity contribution in [3.63, 3.8) is 0 Å². The van der Waals surface area contributed by atoms with Gasteiger partial charge in [-0.1, -0.05) is 6.92 Å². The lowest BCUT2D eigenvalue weighted by Gasteiger charge is -2.10. The topological polar surface area (TPSA) is 41.1 Å². The summed E-state index contributed by atoms with van der Waals surface area (Å²) < 4.78 is 0. The summed E-state index contributed by atoms with van der Waals surface area (Å²) in [5, 5.41) is 6.57. The van der Waals surface area contributed by atoms with E-state index in [4.69, 9.17) is 0 Å².